The molecule has 0 aliphatic heterocycles. The van der Waals surface area contributed by atoms with Gasteiger partial charge in [-0.2, -0.15) is 0 Å². The van der Waals surface area contributed by atoms with Crippen molar-refractivity contribution in [1.29, 1.82) is 0 Å². The van der Waals surface area contributed by atoms with E-state index in [9.17, 15) is 14.4 Å². The van der Waals surface area contributed by atoms with E-state index in [-0.39, 0.29) is 19.4 Å². The Hall–Kier alpha value is -4.79. The lowest BCUT2D eigenvalue weighted by Gasteiger charge is -2.22. The van der Waals surface area contributed by atoms with Crippen LogP contribution in [0.4, 0.5) is 4.79 Å². The highest BCUT2D eigenvalue weighted by atomic mass is 16.5. The van der Waals surface area contributed by atoms with Crippen LogP contribution in [0.15, 0.2) is 91.1 Å². The number of rotatable bonds is 10. The molecule has 4 aromatic rings. The first kappa shape index (κ1) is 26.3. The topological polar surface area (TPSA) is 120 Å². The molecule has 0 fully saturated rings. The minimum absolute atomic E-state index is 0.0533. The van der Waals surface area contributed by atoms with Gasteiger partial charge in [-0.3, -0.25) is 9.78 Å². The van der Waals surface area contributed by atoms with Crippen molar-refractivity contribution >= 4 is 29.0 Å². The molecule has 0 saturated carbocycles. The van der Waals surface area contributed by atoms with Gasteiger partial charge in [0.25, 0.3) is 0 Å². The number of aromatic nitrogens is 2. The van der Waals surface area contributed by atoms with Crippen molar-refractivity contribution < 1.29 is 23.9 Å². The first-order chi connectivity index (χ1) is 18.5. The van der Waals surface area contributed by atoms with Gasteiger partial charge in [-0.1, -0.05) is 72.8 Å². The Bertz CT molecular complexity index is 1380. The molecule has 9 heteroatoms. The molecule has 0 aliphatic carbocycles. The minimum Gasteiger partial charge on any atom is -0.467 e. The standard InChI is InChI=1S/C29H28N4O5/c1-37-28(35)26(17-22-18-30-23-14-8-9-15-24(23)31-22)32-27(34)25(16-20-10-4-2-5-11-20)33-29(36)38-19-21-12-6-3-7-13-21/h2-15,18,25-26H,16-17,19H2,1H3,(H,32,34)(H,33,36)/t25-,26+/m1/s1. The number of amides is 2. The predicted octanol–water partition coefficient (Wildman–Crippen LogP) is 3.37. The number of ether oxygens (including phenoxy) is 2. The van der Waals surface area contributed by atoms with E-state index in [0.29, 0.717) is 11.2 Å². The van der Waals surface area contributed by atoms with Crippen LogP contribution in [0.5, 0.6) is 0 Å². The van der Waals surface area contributed by atoms with Gasteiger partial charge < -0.3 is 20.1 Å². The van der Waals surface area contributed by atoms with E-state index in [4.69, 9.17) is 9.47 Å². The molecule has 2 atom stereocenters. The molecule has 38 heavy (non-hydrogen) atoms. The minimum atomic E-state index is -1.04. The molecule has 194 valence electrons. The van der Waals surface area contributed by atoms with E-state index in [1.807, 2.05) is 84.9 Å². The number of carbonyl (C=O) groups is 3. The van der Waals surface area contributed by atoms with E-state index in [2.05, 4.69) is 20.6 Å². The second kappa shape index (κ2) is 13.0. The van der Waals surface area contributed by atoms with Crippen LogP contribution in [0.25, 0.3) is 11.0 Å². The monoisotopic (exact) mass is 512 g/mol. The summed E-state index contributed by atoms with van der Waals surface area (Å²) in [5.41, 5.74) is 3.54. The van der Waals surface area contributed by atoms with E-state index in [0.717, 1.165) is 16.6 Å². The van der Waals surface area contributed by atoms with Crippen molar-refractivity contribution in [1.82, 2.24) is 20.6 Å². The highest BCUT2D eigenvalue weighted by Gasteiger charge is 2.28. The van der Waals surface area contributed by atoms with Crippen LogP contribution in [0, 0.1) is 0 Å². The highest BCUT2D eigenvalue weighted by molar-refractivity contribution is 5.90. The summed E-state index contributed by atoms with van der Waals surface area (Å²) in [6.45, 7) is 0.0533. The fourth-order valence-electron chi connectivity index (χ4n) is 3.88. The number of fused-ring (bicyclic) bond motifs is 1. The maximum atomic E-state index is 13.4. The lowest BCUT2D eigenvalue weighted by atomic mass is 10.0. The summed E-state index contributed by atoms with van der Waals surface area (Å²) in [6.07, 6.45) is 1.06. The lowest BCUT2D eigenvalue weighted by molar-refractivity contribution is -0.145. The van der Waals surface area contributed by atoms with Crippen LogP contribution in [0.2, 0.25) is 0 Å². The van der Waals surface area contributed by atoms with Gasteiger partial charge in [0.05, 0.1) is 23.8 Å². The van der Waals surface area contributed by atoms with Gasteiger partial charge in [0.2, 0.25) is 5.91 Å². The van der Waals surface area contributed by atoms with Gasteiger partial charge in [-0.05, 0) is 23.3 Å². The zero-order valence-electron chi connectivity index (χ0n) is 20.9. The Morgan fingerprint density at radius 1 is 0.763 bits per heavy atom. The summed E-state index contributed by atoms with van der Waals surface area (Å²) in [5.74, 6) is -1.20. The summed E-state index contributed by atoms with van der Waals surface area (Å²) in [5, 5.41) is 5.34. The van der Waals surface area contributed by atoms with Gasteiger partial charge in [0.15, 0.2) is 0 Å². The summed E-state index contributed by atoms with van der Waals surface area (Å²) in [6, 6.07) is 23.8. The van der Waals surface area contributed by atoms with Crippen LogP contribution in [-0.4, -0.2) is 47.1 Å². The summed E-state index contributed by atoms with van der Waals surface area (Å²) >= 11 is 0. The Morgan fingerprint density at radius 2 is 1.39 bits per heavy atom. The maximum Gasteiger partial charge on any atom is 0.408 e. The molecule has 4 rings (SSSR count). The van der Waals surface area contributed by atoms with Crippen molar-refractivity contribution in [2.75, 3.05) is 7.11 Å². The third-order valence-electron chi connectivity index (χ3n) is 5.82. The molecule has 0 spiro atoms. The van der Waals surface area contributed by atoms with Crippen molar-refractivity contribution in [3.8, 4) is 0 Å². The van der Waals surface area contributed by atoms with Crippen molar-refractivity contribution in [2.45, 2.75) is 31.5 Å². The van der Waals surface area contributed by atoms with Gasteiger partial charge >= 0.3 is 12.1 Å². The number of alkyl carbamates (subject to hydrolysis) is 1. The first-order valence-corrected chi connectivity index (χ1v) is 12.1. The maximum absolute atomic E-state index is 13.4. The second-order valence-corrected chi connectivity index (χ2v) is 8.59. The first-order valence-electron chi connectivity index (χ1n) is 12.1. The van der Waals surface area contributed by atoms with E-state index < -0.39 is 30.1 Å². The summed E-state index contributed by atoms with van der Waals surface area (Å²) in [4.78, 5) is 47.5. The number of hydrogen-bond acceptors (Lipinski definition) is 7. The molecule has 0 saturated heterocycles. The summed E-state index contributed by atoms with van der Waals surface area (Å²) in [7, 11) is 1.24. The average Bonchev–Trinajstić information content (AvgIpc) is 2.96. The lowest BCUT2D eigenvalue weighted by Crippen LogP contribution is -2.53. The molecule has 3 aromatic carbocycles. The van der Waals surface area contributed by atoms with Crippen LogP contribution in [0.3, 0.4) is 0 Å². The number of hydrogen-bond donors (Lipinski definition) is 2. The fraction of sp³-hybridized carbons (Fsp3) is 0.207. The largest absolute Gasteiger partial charge is 0.467 e. The van der Waals surface area contributed by atoms with Gasteiger partial charge in [-0.15, -0.1) is 0 Å². The summed E-state index contributed by atoms with van der Waals surface area (Å²) < 4.78 is 10.2. The molecule has 2 amide bonds. The highest BCUT2D eigenvalue weighted by Crippen LogP contribution is 2.11. The Kier molecular flexibility index (Phi) is 8.96. The van der Waals surface area contributed by atoms with Crippen molar-refractivity contribution in [3.05, 3.63) is 108 Å². The van der Waals surface area contributed by atoms with Gasteiger partial charge in [0, 0.05) is 19.0 Å². The fourth-order valence-corrected chi connectivity index (χ4v) is 3.88. The number of para-hydroxylation sites is 2. The third-order valence-corrected chi connectivity index (χ3v) is 5.82. The van der Waals surface area contributed by atoms with Crippen LogP contribution < -0.4 is 10.6 Å². The second-order valence-electron chi connectivity index (χ2n) is 8.59. The molecular formula is C29H28N4O5. The van der Waals surface area contributed by atoms with Gasteiger partial charge in [0.1, 0.15) is 18.7 Å². The molecule has 0 aliphatic rings. The number of nitrogens with one attached hydrogen (secondary N) is 2. The van der Waals surface area contributed by atoms with Crippen LogP contribution >= 0.6 is 0 Å². The smallest absolute Gasteiger partial charge is 0.408 e. The SMILES string of the molecule is COC(=O)[C@H](Cc1cnc2ccccc2n1)NC(=O)[C@@H](Cc1ccccc1)NC(=O)OCc1ccccc1. The zero-order valence-corrected chi connectivity index (χ0v) is 20.9. The quantitative estimate of drug-likeness (QED) is 0.313. The number of nitrogens with zero attached hydrogens (tertiary/aromatic N) is 2. The van der Waals surface area contributed by atoms with E-state index in [1.54, 1.807) is 6.20 Å². The average molecular weight is 513 g/mol. The number of carbonyl (C=O) groups excluding carboxylic acids is 3. The van der Waals surface area contributed by atoms with Crippen molar-refractivity contribution in [2.24, 2.45) is 0 Å². The Balaban J connectivity index is 1.48. The number of esters is 1. The predicted molar refractivity (Wildman–Crippen MR) is 141 cm³/mol. The number of methoxy groups -OCH3 is 1. The Labute approximate surface area is 220 Å². The molecule has 0 bridgehead atoms. The molecule has 1 heterocycles. The third kappa shape index (κ3) is 7.36. The molecule has 2 N–H and O–H groups in total. The Morgan fingerprint density at radius 3 is 2.08 bits per heavy atom. The van der Waals surface area contributed by atoms with Crippen LogP contribution in [0.1, 0.15) is 16.8 Å². The van der Waals surface area contributed by atoms with E-state index in [1.165, 1.54) is 7.11 Å². The molecule has 1 aromatic heterocycles. The normalized spacial score (nSPS) is 12.2. The molecule has 0 unspecified atom stereocenters. The zero-order chi connectivity index (χ0) is 26.7. The van der Waals surface area contributed by atoms with Gasteiger partial charge in [-0.25, -0.2) is 14.6 Å². The number of benzene rings is 3. The van der Waals surface area contributed by atoms with Crippen molar-refractivity contribution in [3.63, 3.8) is 0 Å². The van der Waals surface area contributed by atoms with Crippen LogP contribution in [-0.2, 0) is 38.5 Å². The molecular weight excluding hydrogens is 484 g/mol. The molecule has 0 radical (unpaired) electrons. The van der Waals surface area contributed by atoms with E-state index >= 15 is 0 Å². The molecule has 9 nitrogen and oxygen atoms in total.